The molecule has 2 aromatic rings. The second kappa shape index (κ2) is 15.7. The zero-order chi connectivity index (χ0) is 27.3. The highest BCUT2D eigenvalue weighted by Gasteiger charge is 2.19. The number of hydrogen-bond acceptors (Lipinski definition) is 6. The lowest BCUT2D eigenvalue weighted by Crippen LogP contribution is -2.26. The number of halogens is 2. The molecular formula is C28H31Cl2N3O4S. The summed E-state index contributed by atoms with van der Waals surface area (Å²) in [6, 6.07) is 13.6. The number of fused-ring (bicyclic) bond motifs is 1. The van der Waals surface area contributed by atoms with E-state index >= 15 is 0 Å². The van der Waals surface area contributed by atoms with Gasteiger partial charge in [-0.15, -0.1) is 11.8 Å². The van der Waals surface area contributed by atoms with Crippen LogP contribution in [0.5, 0.6) is 0 Å². The maximum Gasteiger partial charge on any atom is 0.328 e. The molecule has 202 valence electrons. The van der Waals surface area contributed by atoms with Gasteiger partial charge < -0.3 is 15.1 Å². The van der Waals surface area contributed by atoms with Crippen molar-refractivity contribution in [3.05, 3.63) is 75.8 Å². The van der Waals surface area contributed by atoms with Crippen molar-refractivity contribution in [1.82, 2.24) is 4.90 Å². The number of hydrogen-bond donors (Lipinski definition) is 2. The van der Waals surface area contributed by atoms with Gasteiger partial charge in [0.05, 0.1) is 23.0 Å². The van der Waals surface area contributed by atoms with E-state index in [2.05, 4.69) is 4.90 Å². The number of nitrogens with zero attached hydrogens (tertiary/aromatic N) is 3. The third kappa shape index (κ3) is 9.91. The van der Waals surface area contributed by atoms with E-state index < -0.39 is 11.9 Å². The quantitative estimate of drug-likeness (QED) is 0.285. The SMILES string of the molecule is Clc1ccc2c(c1)C(c1ccccc1Cl)=NCC(SCCCN1CCCCCC1)=N2.O=C(O)/C=C/C(=O)O. The van der Waals surface area contributed by atoms with Crippen molar-refractivity contribution < 1.29 is 19.8 Å². The normalized spacial score (nSPS) is 15.8. The highest BCUT2D eigenvalue weighted by atomic mass is 35.5. The summed E-state index contributed by atoms with van der Waals surface area (Å²) in [4.78, 5) is 31.6. The zero-order valence-corrected chi connectivity index (χ0v) is 23.3. The Morgan fingerprint density at radius 3 is 2.29 bits per heavy atom. The number of thioether (sulfide) groups is 1. The number of carboxylic acid groups (broad SMARTS) is 2. The van der Waals surface area contributed by atoms with Crippen molar-refractivity contribution in [3.63, 3.8) is 0 Å². The van der Waals surface area contributed by atoms with Gasteiger partial charge >= 0.3 is 11.9 Å². The Bertz CT molecular complexity index is 1190. The Balaban J connectivity index is 0.000000436. The summed E-state index contributed by atoms with van der Waals surface area (Å²) in [5.74, 6) is -1.45. The number of aliphatic imine (C=N–C) groups is 2. The highest BCUT2D eigenvalue weighted by molar-refractivity contribution is 8.14. The van der Waals surface area contributed by atoms with E-state index in [1.165, 1.54) is 51.7 Å². The summed E-state index contributed by atoms with van der Waals surface area (Å²) in [5.41, 5.74) is 3.63. The number of benzene rings is 2. The lowest BCUT2D eigenvalue weighted by atomic mass is 10.0. The summed E-state index contributed by atoms with van der Waals surface area (Å²) in [7, 11) is 0. The van der Waals surface area contributed by atoms with Gasteiger partial charge in [0.1, 0.15) is 0 Å². The fraction of sp³-hybridized carbons (Fsp3) is 0.357. The van der Waals surface area contributed by atoms with E-state index in [1.807, 2.05) is 54.2 Å². The fourth-order valence-electron chi connectivity index (χ4n) is 4.14. The molecule has 2 aliphatic heterocycles. The van der Waals surface area contributed by atoms with E-state index in [1.54, 1.807) is 0 Å². The maximum absolute atomic E-state index is 9.55. The fourth-order valence-corrected chi connectivity index (χ4v) is 5.36. The number of likely N-dealkylation sites (tertiary alicyclic amines) is 1. The van der Waals surface area contributed by atoms with Gasteiger partial charge in [-0.2, -0.15) is 0 Å². The van der Waals surface area contributed by atoms with Crippen LogP contribution in [0, 0.1) is 0 Å². The smallest absolute Gasteiger partial charge is 0.328 e. The Kier molecular flexibility index (Phi) is 12.3. The molecule has 0 saturated carbocycles. The number of rotatable bonds is 7. The molecule has 0 aliphatic carbocycles. The van der Waals surface area contributed by atoms with Crippen molar-refractivity contribution >= 4 is 63.3 Å². The maximum atomic E-state index is 9.55. The van der Waals surface area contributed by atoms with Crippen molar-refractivity contribution in [2.24, 2.45) is 9.98 Å². The predicted octanol–water partition coefficient (Wildman–Crippen LogP) is 6.59. The standard InChI is InChI=1S/C24H27Cl2N3S.C4H4O4/c25-18-10-11-22-20(16-18)24(19-8-3-4-9-21(19)26)27-17-23(28-22)30-15-7-14-29-12-5-1-2-6-13-29;5-3(6)1-2-4(7)8/h3-4,8-11,16H,1-2,5-7,12-15,17H2;1-2H,(H,5,6)(H,7,8)/b;2-1+. The molecule has 1 fully saturated rings. The van der Waals surface area contributed by atoms with Crippen LogP contribution < -0.4 is 0 Å². The molecule has 4 rings (SSSR count). The predicted molar refractivity (Wildman–Crippen MR) is 157 cm³/mol. The Hall–Kier alpha value is -2.65. The minimum absolute atomic E-state index is 0.558. The van der Waals surface area contributed by atoms with Gasteiger partial charge in [-0.3, -0.25) is 4.99 Å². The second-order valence-corrected chi connectivity index (χ2v) is 10.8. The molecule has 0 spiro atoms. The van der Waals surface area contributed by atoms with Crippen LogP contribution >= 0.6 is 35.0 Å². The van der Waals surface area contributed by atoms with E-state index in [0.29, 0.717) is 28.7 Å². The van der Waals surface area contributed by atoms with E-state index in [-0.39, 0.29) is 0 Å². The first-order valence-corrected chi connectivity index (χ1v) is 14.2. The van der Waals surface area contributed by atoms with Gasteiger partial charge in [0.2, 0.25) is 0 Å². The monoisotopic (exact) mass is 575 g/mol. The van der Waals surface area contributed by atoms with Crippen LogP contribution in [0.3, 0.4) is 0 Å². The molecule has 0 aromatic heterocycles. The molecule has 0 unspecified atom stereocenters. The summed E-state index contributed by atoms with van der Waals surface area (Å²) in [5, 5.41) is 18.0. The Morgan fingerprint density at radius 1 is 0.947 bits per heavy atom. The third-order valence-electron chi connectivity index (χ3n) is 5.91. The van der Waals surface area contributed by atoms with E-state index in [9.17, 15) is 9.59 Å². The van der Waals surface area contributed by atoms with Crippen LogP contribution in [-0.2, 0) is 9.59 Å². The molecule has 0 radical (unpaired) electrons. The lowest BCUT2D eigenvalue weighted by Gasteiger charge is -2.19. The number of carbonyl (C=O) groups is 2. The van der Waals surface area contributed by atoms with Gasteiger partial charge in [-0.1, -0.05) is 54.2 Å². The van der Waals surface area contributed by atoms with Crippen molar-refractivity contribution in [3.8, 4) is 0 Å². The minimum atomic E-state index is -1.26. The zero-order valence-electron chi connectivity index (χ0n) is 21.0. The largest absolute Gasteiger partial charge is 0.478 e. The van der Waals surface area contributed by atoms with Crippen molar-refractivity contribution in [2.45, 2.75) is 32.1 Å². The number of carboxylic acids is 2. The van der Waals surface area contributed by atoms with Crippen LogP contribution in [0.4, 0.5) is 5.69 Å². The molecule has 1 saturated heterocycles. The summed E-state index contributed by atoms with van der Waals surface area (Å²) >= 11 is 14.6. The van der Waals surface area contributed by atoms with Gasteiger partial charge in [0, 0.05) is 39.1 Å². The van der Waals surface area contributed by atoms with Gasteiger partial charge in [0.25, 0.3) is 0 Å². The van der Waals surface area contributed by atoms with Crippen LogP contribution in [0.2, 0.25) is 10.0 Å². The molecule has 2 aromatic carbocycles. The third-order valence-corrected chi connectivity index (χ3v) is 7.53. The molecule has 38 heavy (non-hydrogen) atoms. The molecule has 0 amide bonds. The van der Waals surface area contributed by atoms with E-state index in [4.69, 9.17) is 43.4 Å². The molecule has 7 nitrogen and oxygen atoms in total. The van der Waals surface area contributed by atoms with Crippen LogP contribution in [0.15, 0.2) is 64.6 Å². The topological polar surface area (TPSA) is 103 Å². The van der Waals surface area contributed by atoms with Crippen LogP contribution in [-0.4, -0.2) is 69.7 Å². The molecule has 10 heteroatoms. The average Bonchev–Trinajstić information content (AvgIpc) is 3.25. The lowest BCUT2D eigenvalue weighted by molar-refractivity contribution is -0.134. The second-order valence-electron chi connectivity index (χ2n) is 8.78. The highest BCUT2D eigenvalue weighted by Crippen LogP contribution is 2.32. The average molecular weight is 577 g/mol. The van der Waals surface area contributed by atoms with Gasteiger partial charge in [-0.05, 0) is 63.2 Å². The van der Waals surface area contributed by atoms with Crippen LogP contribution in [0.25, 0.3) is 0 Å². The minimum Gasteiger partial charge on any atom is -0.478 e. The molecular weight excluding hydrogens is 545 g/mol. The Morgan fingerprint density at radius 2 is 1.63 bits per heavy atom. The molecule has 2 heterocycles. The van der Waals surface area contributed by atoms with E-state index in [0.717, 1.165) is 33.3 Å². The summed E-state index contributed by atoms with van der Waals surface area (Å²) < 4.78 is 0. The van der Waals surface area contributed by atoms with Crippen molar-refractivity contribution in [1.29, 1.82) is 0 Å². The molecule has 0 atom stereocenters. The molecule has 2 N–H and O–H groups in total. The first kappa shape index (κ1) is 29.9. The van der Waals surface area contributed by atoms with Crippen LogP contribution in [0.1, 0.15) is 43.2 Å². The Labute approximate surface area is 237 Å². The summed E-state index contributed by atoms with van der Waals surface area (Å²) in [6.07, 6.45) is 7.76. The first-order valence-electron chi connectivity index (χ1n) is 12.5. The molecule has 0 bridgehead atoms. The summed E-state index contributed by atoms with van der Waals surface area (Å²) in [6.45, 7) is 4.26. The van der Waals surface area contributed by atoms with Gasteiger partial charge in [0.15, 0.2) is 0 Å². The van der Waals surface area contributed by atoms with Gasteiger partial charge in [-0.25, -0.2) is 14.6 Å². The first-order chi connectivity index (χ1) is 18.3. The number of aliphatic carboxylic acids is 2. The van der Waals surface area contributed by atoms with Crippen molar-refractivity contribution in [2.75, 3.05) is 31.9 Å². The molecule has 2 aliphatic rings.